The van der Waals surface area contributed by atoms with Crippen LogP contribution in [-0.4, -0.2) is 20.9 Å². The Morgan fingerprint density at radius 3 is 2.06 bits per heavy atom. The maximum absolute atomic E-state index is 5.68. The molecule has 0 N–H and O–H groups in total. The number of aliphatic imine (C=N–C) groups is 2. The Bertz CT molecular complexity index is 2860. The fraction of sp³-hybridized carbons (Fsp3) is 0.125. The zero-order valence-electron chi connectivity index (χ0n) is 29.3. The summed E-state index contributed by atoms with van der Waals surface area (Å²) in [6, 6.07) is 55.3. The van der Waals surface area contributed by atoms with Crippen molar-refractivity contribution in [3.63, 3.8) is 0 Å². The number of amidine groups is 1. The van der Waals surface area contributed by atoms with Crippen molar-refractivity contribution >= 4 is 55.9 Å². The number of rotatable bonds is 3. The van der Waals surface area contributed by atoms with Gasteiger partial charge >= 0.3 is 0 Å². The van der Waals surface area contributed by atoms with Crippen molar-refractivity contribution in [2.24, 2.45) is 9.98 Å². The number of hydrogen-bond donors (Lipinski definition) is 0. The lowest BCUT2D eigenvalue weighted by atomic mass is 9.80. The molecule has 0 saturated carbocycles. The molecule has 1 aliphatic carbocycles. The summed E-state index contributed by atoms with van der Waals surface area (Å²) in [4.78, 5) is 12.4. The van der Waals surface area contributed by atoms with Crippen LogP contribution in [0.3, 0.4) is 0 Å². The molecule has 2 unspecified atom stereocenters. The maximum Gasteiger partial charge on any atom is 0.157 e. The van der Waals surface area contributed by atoms with Gasteiger partial charge in [-0.2, -0.15) is 0 Å². The van der Waals surface area contributed by atoms with Crippen molar-refractivity contribution < 1.29 is 0 Å². The second-order valence-electron chi connectivity index (χ2n) is 15.0. The van der Waals surface area contributed by atoms with Crippen molar-refractivity contribution in [2.45, 2.75) is 42.0 Å². The average Bonchev–Trinajstić information content (AvgIpc) is 3.76. The van der Waals surface area contributed by atoms with Gasteiger partial charge in [0.15, 0.2) is 5.84 Å². The van der Waals surface area contributed by atoms with Gasteiger partial charge in [0, 0.05) is 32.2 Å². The Morgan fingerprint density at radius 2 is 1.25 bits per heavy atom. The second-order valence-corrected chi connectivity index (χ2v) is 16.5. The summed E-state index contributed by atoms with van der Waals surface area (Å²) in [7, 11) is 0. The van der Waals surface area contributed by atoms with Crippen LogP contribution in [0.2, 0.25) is 0 Å². The predicted octanol–water partition coefficient (Wildman–Crippen LogP) is 12.2. The van der Waals surface area contributed by atoms with Gasteiger partial charge in [-0.25, -0.2) is 9.98 Å². The molecule has 11 rings (SSSR count). The van der Waals surface area contributed by atoms with Crippen LogP contribution in [0.5, 0.6) is 0 Å². The van der Waals surface area contributed by atoms with E-state index in [-0.39, 0.29) is 11.6 Å². The average molecular weight is 686 g/mol. The third kappa shape index (κ3) is 3.99. The first-order valence-electron chi connectivity index (χ1n) is 18.1. The van der Waals surface area contributed by atoms with E-state index >= 15 is 0 Å². The normalized spacial score (nSPS) is 19.6. The SMILES string of the molecule is CC1(C)c2cc3c(cc2-c2ccc4ccccc4c21)c1ccccc1n3C1N=C(c2ccccc2)N=C2c3cccc(-c4ccccc4)c3SC21C. The van der Waals surface area contributed by atoms with Gasteiger partial charge in [0.25, 0.3) is 0 Å². The molecule has 0 fully saturated rings. The third-order valence-corrected chi connectivity index (χ3v) is 13.2. The number of fused-ring (bicyclic) bond motifs is 11. The zero-order chi connectivity index (χ0) is 34.8. The number of nitrogens with zero attached hydrogens (tertiary/aromatic N) is 3. The first-order valence-corrected chi connectivity index (χ1v) is 18.9. The summed E-state index contributed by atoms with van der Waals surface area (Å²) in [5.41, 5.74) is 13.5. The molecular weight excluding hydrogens is 651 g/mol. The van der Waals surface area contributed by atoms with Crippen molar-refractivity contribution in [3.8, 4) is 22.3 Å². The molecule has 7 aromatic carbocycles. The van der Waals surface area contributed by atoms with Gasteiger partial charge in [-0.3, -0.25) is 0 Å². The monoisotopic (exact) mass is 685 g/mol. The van der Waals surface area contributed by atoms with Crippen molar-refractivity contribution in [2.75, 3.05) is 0 Å². The van der Waals surface area contributed by atoms with E-state index in [4.69, 9.17) is 9.98 Å². The molecule has 4 heteroatoms. The fourth-order valence-corrected chi connectivity index (χ4v) is 10.8. The highest BCUT2D eigenvalue weighted by atomic mass is 32.2. The molecule has 2 aliphatic heterocycles. The topological polar surface area (TPSA) is 29.6 Å². The molecule has 248 valence electrons. The highest BCUT2D eigenvalue weighted by Crippen LogP contribution is 2.58. The molecule has 0 spiro atoms. The van der Waals surface area contributed by atoms with Crippen LogP contribution >= 0.6 is 11.8 Å². The highest BCUT2D eigenvalue weighted by Gasteiger charge is 2.51. The Labute approximate surface area is 307 Å². The van der Waals surface area contributed by atoms with E-state index in [0.717, 1.165) is 17.1 Å². The van der Waals surface area contributed by atoms with Gasteiger partial charge in [0.1, 0.15) is 10.9 Å². The summed E-state index contributed by atoms with van der Waals surface area (Å²) in [6.07, 6.45) is -0.260. The number of hydrogen-bond acceptors (Lipinski definition) is 3. The summed E-state index contributed by atoms with van der Waals surface area (Å²) in [5.74, 6) is 0.780. The van der Waals surface area contributed by atoms with E-state index in [1.165, 1.54) is 76.4 Å². The van der Waals surface area contributed by atoms with Gasteiger partial charge < -0.3 is 4.57 Å². The molecule has 8 aromatic rings. The minimum atomic E-state index is -0.464. The van der Waals surface area contributed by atoms with Crippen molar-refractivity contribution in [1.82, 2.24) is 4.57 Å². The minimum absolute atomic E-state index is 0.175. The van der Waals surface area contributed by atoms with Gasteiger partial charge in [-0.15, -0.1) is 11.8 Å². The van der Waals surface area contributed by atoms with Crippen LogP contribution in [0.4, 0.5) is 0 Å². The van der Waals surface area contributed by atoms with E-state index in [0.29, 0.717) is 0 Å². The summed E-state index contributed by atoms with van der Waals surface area (Å²) >= 11 is 1.92. The van der Waals surface area contributed by atoms with Crippen molar-refractivity contribution in [3.05, 3.63) is 174 Å². The van der Waals surface area contributed by atoms with Gasteiger partial charge in [-0.05, 0) is 69.3 Å². The van der Waals surface area contributed by atoms with Gasteiger partial charge in [0.05, 0.1) is 16.7 Å². The minimum Gasteiger partial charge on any atom is -0.316 e. The van der Waals surface area contributed by atoms with E-state index in [2.05, 4.69) is 177 Å². The van der Waals surface area contributed by atoms with Crippen LogP contribution in [0.1, 0.15) is 49.2 Å². The lowest BCUT2D eigenvalue weighted by molar-refractivity contribution is 0.498. The van der Waals surface area contributed by atoms with E-state index < -0.39 is 4.75 Å². The summed E-state index contributed by atoms with van der Waals surface area (Å²) in [5, 5.41) is 5.15. The maximum atomic E-state index is 5.68. The third-order valence-electron chi connectivity index (χ3n) is 11.7. The number of thioether (sulfide) groups is 1. The largest absolute Gasteiger partial charge is 0.316 e. The molecular formula is C48H35N3S. The highest BCUT2D eigenvalue weighted by molar-refractivity contribution is 8.02. The quantitative estimate of drug-likeness (QED) is 0.182. The Morgan fingerprint density at radius 1 is 0.558 bits per heavy atom. The van der Waals surface area contributed by atoms with Crippen molar-refractivity contribution in [1.29, 1.82) is 0 Å². The Balaban J connectivity index is 1.19. The second kappa shape index (κ2) is 10.7. The molecule has 52 heavy (non-hydrogen) atoms. The first kappa shape index (κ1) is 30.0. The Kier molecular flexibility index (Phi) is 6.14. The molecule has 0 radical (unpaired) electrons. The molecule has 0 amide bonds. The van der Waals surface area contributed by atoms with E-state index in [1.54, 1.807) is 0 Å². The first-order chi connectivity index (χ1) is 25.4. The Hall–Kier alpha value is -5.71. The van der Waals surface area contributed by atoms with Gasteiger partial charge in [0.2, 0.25) is 0 Å². The molecule has 3 aliphatic rings. The predicted molar refractivity (Wildman–Crippen MR) is 219 cm³/mol. The number of benzene rings is 7. The lowest BCUT2D eigenvalue weighted by Crippen LogP contribution is -2.41. The van der Waals surface area contributed by atoms with E-state index in [1.807, 2.05) is 11.8 Å². The molecule has 3 heterocycles. The van der Waals surface area contributed by atoms with Crippen LogP contribution in [0.25, 0.3) is 54.8 Å². The van der Waals surface area contributed by atoms with Crippen LogP contribution in [0.15, 0.2) is 167 Å². The van der Waals surface area contributed by atoms with Crippen LogP contribution < -0.4 is 0 Å². The fourth-order valence-electron chi connectivity index (χ4n) is 9.31. The molecule has 0 saturated heterocycles. The molecule has 1 aromatic heterocycles. The number of para-hydroxylation sites is 1. The number of aromatic nitrogens is 1. The van der Waals surface area contributed by atoms with Crippen LogP contribution in [0, 0.1) is 0 Å². The lowest BCUT2D eigenvalue weighted by Gasteiger charge is -2.36. The van der Waals surface area contributed by atoms with Gasteiger partial charge in [-0.1, -0.05) is 147 Å². The molecule has 2 atom stereocenters. The molecule has 3 nitrogen and oxygen atoms in total. The standard InChI is InChI=1S/C48H35N3S/c1-47(2)39-28-41-38(27-37(39)35-26-25-30-17-10-11-20-32(30)42(35)47)34-21-12-13-24-40(34)51(41)46-48(3)44(49-45(50-46)31-18-8-5-9-19-31)36-23-14-22-33(43(36)52-48)29-15-6-4-7-16-29/h4-28,46H,1-3H3. The van der Waals surface area contributed by atoms with E-state index in [9.17, 15) is 0 Å². The smallest absolute Gasteiger partial charge is 0.157 e. The summed E-state index contributed by atoms with van der Waals surface area (Å²) in [6.45, 7) is 7.16. The zero-order valence-corrected chi connectivity index (χ0v) is 30.1. The summed E-state index contributed by atoms with van der Waals surface area (Å²) < 4.78 is 2.08. The van der Waals surface area contributed by atoms with Crippen LogP contribution in [-0.2, 0) is 5.41 Å². The molecule has 0 bridgehead atoms.